The highest BCUT2D eigenvalue weighted by Gasteiger charge is 2.39. The molecular weight excluding hydrogens is 484 g/mol. The van der Waals surface area contributed by atoms with Crippen LogP contribution in [0.25, 0.3) is 0 Å². The molecule has 0 aromatic heterocycles. The maximum absolute atomic E-state index is 13.4. The predicted octanol–water partition coefficient (Wildman–Crippen LogP) is 7.40. The van der Waals surface area contributed by atoms with Gasteiger partial charge in [-0.1, -0.05) is 60.7 Å². The molecule has 0 unspecified atom stereocenters. The number of benzene rings is 3. The largest absolute Gasteiger partial charge is 0.416 e. The minimum absolute atomic E-state index is 0.113. The van der Waals surface area contributed by atoms with Crippen molar-refractivity contribution in [1.29, 1.82) is 0 Å². The molecule has 3 nitrogen and oxygen atoms in total. The van der Waals surface area contributed by atoms with Crippen LogP contribution < -0.4 is 0 Å². The van der Waals surface area contributed by atoms with Gasteiger partial charge in [0.1, 0.15) is 0 Å². The lowest BCUT2D eigenvalue weighted by atomic mass is 10.0. The first-order valence-corrected chi connectivity index (χ1v) is 11.4. The molecule has 0 N–H and O–H groups in total. The summed E-state index contributed by atoms with van der Waals surface area (Å²) in [7, 11) is 0. The molecule has 36 heavy (non-hydrogen) atoms. The monoisotopic (exact) mass is 509 g/mol. The third-order valence-corrected chi connectivity index (χ3v) is 6.10. The first-order chi connectivity index (χ1) is 17.0. The maximum Gasteiger partial charge on any atom is 0.416 e. The zero-order chi connectivity index (χ0) is 25.9. The molecule has 0 spiro atoms. The van der Waals surface area contributed by atoms with Crippen LogP contribution in [0, 0.1) is 0 Å². The normalized spacial score (nSPS) is 20.3. The third-order valence-electron chi connectivity index (χ3n) is 6.10. The van der Waals surface area contributed by atoms with Crippen molar-refractivity contribution in [3.05, 3.63) is 107 Å². The molecule has 0 bridgehead atoms. The molecule has 3 aromatic carbocycles. The summed E-state index contributed by atoms with van der Waals surface area (Å²) in [4.78, 5) is 2.14. The molecule has 0 aliphatic carbocycles. The van der Waals surface area contributed by atoms with E-state index < -0.39 is 41.9 Å². The van der Waals surface area contributed by atoms with Gasteiger partial charge in [-0.05, 0) is 41.8 Å². The summed E-state index contributed by atoms with van der Waals surface area (Å²) in [5, 5.41) is 0. The highest BCUT2D eigenvalue weighted by Crippen LogP contribution is 2.39. The van der Waals surface area contributed by atoms with Crippen LogP contribution in [0.5, 0.6) is 0 Å². The van der Waals surface area contributed by atoms with Gasteiger partial charge in [0.15, 0.2) is 6.29 Å². The van der Waals surface area contributed by atoms with Crippen molar-refractivity contribution in [2.75, 3.05) is 13.2 Å². The summed E-state index contributed by atoms with van der Waals surface area (Å²) in [5.41, 5.74) is -1.06. The highest BCUT2D eigenvalue weighted by atomic mass is 19.4. The fraction of sp³-hybridized carbons (Fsp3) is 0.333. The fourth-order valence-electron chi connectivity index (χ4n) is 4.31. The van der Waals surface area contributed by atoms with Crippen LogP contribution in [0.3, 0.4) is 0 Å². The Kier molecular flexibility index (Phi) is 7.73. The minimum atomic E-state index is -4.93. The Balaban J connectivity index is 1.65. The Bertz CT molecular complexity index is 1100. The van der Waals surface area contributed by atoms with Crippen LogP contribution >= 0.6 is 0 Å². The predicted molar refractivity (Wildman–Crippen MR) is 122 cm³/mol. The molecule has 1 fully saturated rings. The van der Waals surface area contributed by atoms with Crippen molar-refractivity contribution in [2.45, 2.75) is 44.3 Å². The second-order valence-electron chi connectivity index (χ2n) is 8.67. The van der Waals surface area contributed by atoms with Gasteiger partial charge >= 0.3 is 12.4 Å². The van der Waals surface area contributed by atoms with Gasteiger partial charge in [0.05, 0.1) is 29.9 Å². The van der Waals surface area contributed by atoms with E-state index in [2.05, 4.69) is 4.90 Å². The second kappa shape index (κ2) is 10.6. The number of halogens is 6. The molecule has 192 valence electrons. The molecule has 1 aliphatic rings. The second-order valence-corrected chi connectivity index (χ2v) is 8.67. The Morgan fingerprint density at radius 2 is 1.42 bits per heavy atom. The van der Waals surface area contributed by atoms with Gasteiger partial charge < -0.3 is 9.47 Å². The molecule has 3 atom stereocenters. The average molecular weight is 509 g/mol. The van der Waals surface area contributed by atoms with E-state index in [4.69, 9.17) is 9.47 Å². The van der Waals surface area contributed by atoms with Crippen LogP contribution in [0.4, 0.5) is 26.3 Å². The molecule has 4 rings (SSSR count). The average Bonchev–Trinajstić information content (AvgIpc) is 2.84. The van der Waals surface area contributed by atoms with E-state index >= 15 is 0 Å². The zero-order valence-corrected chi connectivity index (χ0v) is 19.4. The van der Waals surface area contributed by atoms with Crippen molar-refractivity contribution in [1.82, 2.24) is 4.90 Å². The standard InChI is InChI=1S/C27H25F6NO2/c1-18(21-14-22(26(28,29)30)16-23(15-21)27(31,32)33)36-25-24(20-10-6-3-7-11-20)34(12-13-35-25)17-19-8-4-2-5-9-19/h2-11,14-16,18,24-25H,12-13,17H2,1H3/t18-,24+,25+/m0/s1. The summed E-state index contributed by atoms with van der Waals surface area (Å²) in [6, 6.07) is 20.2. The molecule has 1 heterocycles. The first-order valence-electron chi connectivity index (χ1n) is 11.4. The van der Waals surface area contributed by atoms with Gasteiger partial charge in [-0.3, -0.25) is 4.90 Å². The van der Waals surface area contributed by atoms with E-state index in [1.54, 1.807) is 0 Å². The number of nitrogens with zero attached hydrogens (tertiary/aromatic N) is 1. The van der Waals surface area contributed by atoms with Crippen LogP contribution in [-0.2, 0) is 28.4 Å². The van der Waals surface area contributed by atoms with E-state index in [-0.39, 0.29) is 11.6 Å². The van der Waals surface area contributed by atoms with Gasteiger partial charge in [-0.25, -0.2) is 0 Å². The molecule has 0 radical (unpaired) electrons. The molecule has 1 saturated heterocycles. The molecule has 0 amide bonds. The topological polar surface area (TPSA) is 21.7 Å². The van der Waals surface area contributed by atoms with E-state index in [1.807, 2.05) is 60.7 Å². The Morgan fingerprint density at radius 1 is 0.861 bits per heavy atom. The van der Waals surface area contributed by atoms with Gasteiger partial charge in [0.2, 0.25) is 0 Å². The molecule has 0 saturated carbocycles. The summed E-state index contributed by atoms with van der Waals surface area (Å²) in [5.74, 6) is 0. The summed E-state index contributed by atoms with van der Waals surface area (Å²) in [6.45, 7) is 2.87. The number of alkyl halides is 6. The van der Waals surface area contributed by atoms with Crippen molar-refractivity contribution >= 4 is 0 Å². The zero-order valence-electron chi connectivity index (χ0n) is 19.4. The van der Waals surface area contributed by atoms with Gasteiger partial charge in [0, 0.05) is 13.1 Å². The van der Waals surface area contributed by atoms with Gasteiger partial charge in [0.25, 0.3) is 0 Å². The lowest BCUT2D eigenvalue weighted by molar-refractivity contribution is -0.231. The number of hydrogen-bond donors (Lipinski definition) is 0. The Labute approximate surface area is 205 Å². The highest BCUT2D eigenvalue weighted by molar-refractivity contribution is 5.35. The summed E-state index contributed by atoms with van der Waals surface area (Å²) < 4.78 is 92.1. The minimum Gasteiger partial charge on any atom is -0.349 e. The van der Waals surface area contributed by atoms with Crippen LogP contribution in [-0.4, -0.2) is 24.3 Å². The van der Waals surface area contributed by atoms with E-state index in [1.165, 1.54) is 6.92 Å². The number of rotatable bonds is 6. The van der Waals surface area contributed by atoms with Crippen LogP contribution in [0.15, 0.2) is 78.9 Å². The lowest BCUT2D eigenvalue weighted by Gasteiger charge is -2.42. The number of hydrogen-bond acceptors (Lipinski definition) is 3. The van der Waals surface area contributed by atoms with Crippen molar-refractivity contribution in [3.8, 4) is 0 Å². The third kappa shape index (κ3) is 6.27. The van der Waals surface area contributed by atoms with Crippen molar-refractivity contribution in [2.24, 2.45) is 0 Å². The maximum atomic E-state index is 13.4. The Morgan fingerprint density at radius 3 is 1.97 bits per heavy atom. The molecule has 1 aliphatic heterocycles. The smallest absolute Gasteiger partial charge is 0.349 e. The fourth-order valence-corrected chi connectivity index (χ4v) is 4.31. The summed E-state index contributed by atoms with van der Waals surface area (Å²) in [6.07, 6.45) is -11.9. The van der Waals surface area contributed by atoms with E-state index in [0.717, 1.165) is 11.1 Å². The van der Waals surface area contributed by atoms with Crippen molar-refractivity contribution < 1.29 is 35.8 Å². The van der Waals surface area contributed by atoms with Gasteiger partial charge in [-0.15, -0.1) is 0 Å². The SMILES string of the molecule is C[C@H](O[C@H]1OCCN(Cc2ccccc2)[C@@H]1c1ccccc1)c1cc(C(F)(F)F)cc(C(F)(F)F)c1. The first kappa shape index (κ1) is 26.2. The van der Waals surface area contributed by atoms with Gasteiger partial charge in [-0.2, -0.15) is 26.3 Å². The molecule has 9 heteroatoms. The number of morpholine rings is 1. The van der Waals surface area contributed by atoms with Crippen molar-refractivity contribution in [3.63, 3.8) is 0 Å². The van der Waals surface area contributed by atoms with Crippen LogP contribution in [0.2, 0.25) is 0 Å². The Hall–Kier alpha value is -2.88. The van der Waals surface area contributed by atoms with E-state index in [9.17, 15) is 26.3 Å². The molecule has 3 aromatic rings. The van der Waals surface area contributed by atoms with Crippen LogP contribution in [0.1, 0.15) is 46.9 Å². The summed E-state index contributed by atoms with van der Waals surface area (Å²) >= 11 is 0. The lowest BCUT2D eigenvalue weighted by Crippen LogP contribution is -2.46. The molecular formula is C27H25F6NO2. The quantitative estimate of drug-likeness (QED) is 0.323. The number of ether oxygens (including phenoxy) is 2. The van der Waals surface area contributed by atoms with E-state index in [0.29, 0.717) is 31.8 Å².